The lowest BCUT2D eigenvalue weighted by atomic mass is 10.1. The molecular weight excluding hydrogens is 248 g/mol. The van der Waals surface area contributed by atoms with Crippen molar-refractivity contribution in [2.75, 3.05) is 6.54 Å². The van der Waals surface area contributed by atoms with Crippen LogP contribution in [-0.4, -0.2) is 17.4 Å². The maximum absolute atomic E-state index is 11.8. The molecule has 2 rings (SSSR count). The molecule has 0 spiro atoms. The average molecular weight is 261 g/mol. The van der Waals surface area contributed by atoms with Crippen molar-refractivity contribution in [1.29, 1.82) is 0 Å². The summed E-state index contributed by atoms with van der Waals surface area (Å²) < 4.78 is 0. The third kappa shape index (κ3) is 3.57. The predicted molar refractivity (Wildman–Crippen MR) is 71.7 cm³/mol. The molecule has 1 amide bonds. The molecule has 0 radical (unpaired) electrons. The van der Waals surface area contributed by atoms with Crippen molar-refractivity contribution in [1.82, 2.24) is 10.3 Å². The Hall–Kier alpha value is -1.87. The highest BCUT2D eigenvalue weighted by atomic mass is 35.5. The van der Waals surface area contributed by atoms with Gasteiger partial charge in [0, 0.05) is 17.8 Å². The molecule has 0 aliphatic rings. The minimum atomic E-state index is -0.201. The first-order valence-electron chi connectivity index (χ1n) is 5.69. The number of hydrogen-bond donors (Lipinski definition) is 1. The first kappa shape index (κ1) is 12.6. The van der Waals surface area contributed by atoms with Gasteiger partial charge in [-0.15, -0.1) is 0 Å². The van der Waals surface area contributed by atoms with Gasteiger partial charge in [0.2, 0.25) is 0 Å². The van der Waals surface area contributed by atoms with E-state index in [9.17, 15) is 4.79 Å². The van der Waals surface area contributed by atoms with Crippen LogP contribution in [0.2, 0.25) is 5.02 Å². The van der Waals surface area contributed by atoms with Gasteiger partial charge < -0.3 is 5.32 Å². The van der Waals surface area contributed by atoms with Gasteiger partial charge in [0.25, 0.3) is 5.91 Å². The first-order chi connectivity index (χ1) is 8.75. The number of halogens is 1. The van der Waals surface area contributed by atoms with Crippen molar-refractivity contribution in [3.8, 4) is 0 Å². The van der Waals surface area contributed by atoms with Crippen LogP contribution in [-0.2, 0) is 6.42 Å². The molecule has 0 unspecified atom stereocenters. The second kappa shape index (κ2) is 6.17. The topological polar surface area (TPSA) is 42.0 Å². The number of nitrogens with zero attached hydrogens (tertiary/aromatic N) is 1. The van der Waals surface area contributed by atoms with Crippen LogP contribution in [0.15, 0.2) is 48.7 Å². The largest absolute Gasteiger partial charge is 0.350 e. The van der Waals surface area contributed by atoms with Crippen LogP contribution in [0.4, 0.5) is 0 Å². The van der Waals surface area contributed by atoms with Gasteiger partial charge >= 0.3 is 0 Å². The van der Waals surface area contributed by atoms with E-state index < -0.39 is 0 Å². The number of pyridine rings is 1. The zero-order chi connectivity index (χ0) is 12.8. The molecule has 1 heterocycles. The van der Waals surface area contributed by atoms with Gasteiger partial charge in [0.1, 0.15) is 5.69 Å². The van der Waals surface area contributed by atoms with Crippen molar-refractivity contribution in [3.05, 3.63) is 64.9 Å². The van der Waals surface area contributed by atoms with Gasteiger partial charge in [-0.3, -0.25) is 9.78 Å². The third-order valence-electron chi connectivity index (χ3n) is 2.50. The lowest BCUT2D eigenvalue weighted by molar-refractivity contribution is 0.0949. The summed E-state index contributed by atoms with van der Waals surface area (Å²) in [4.78, 5) is 15.7. The smallest absolute Gasteiger partial charge is 0.269 e. The maximum Gasteiger partial charge on any atom is 0.269 e. The summed E-state index contributed by atoms with van der Waals surface area (Å²) in [6.45, 7) is 0.580. The lowest BCUT2D eigenvalue weighted by Gasteiger charge is -2.04. The van der Waals surface area contributed by atoms with E-state index in [1.807, 2.05) is 30.3 Å². The molecule has 0 atom stereocenters. The van der Waals surface area contributed by atoms with E-state index in [2.05, 4.69) is 10.3 Å². The second-order valence-corrected chi connectivity index (χ2v) is 4.29. The summed E-state index contributed by atoms with van der Waals surface area (Å²) in [6.07, 6.45) is 2.32. The Morgan fingerprint density at radius 3 is 2.72 bits per heavy atom. The van der Waals surface area contributed by atoms with Crippen molar-refractivity contribution < 1.29 is 4.79 Å². The number of rotatable bonds is 4. The highest BCUT2D eigenvalue weighted by molar-refractivity contribution is 6.30. The van der Waals surface area contributed by atoms with Crippen LogP contribution in [0.1, 0.15) is 16.1 Å². The molecule has 2 aromatic rings. The second-order valence-electron chi connectivity index (χ2n) is 3.85. The average Bonchev–Trinajstić information content (AvgIpc) is 2.40. The number of benzene rings is 1. The zero-order valence-corrected chi connectivity index (χ0v) is 10.5. The van der Waals surface area contributed by atoms with Crippen molar-refractivity contribution in [2.24, 2.45) is 0 Å². The highest BCUT2D eigenvalue weighted by Crippen LogP contribution is 2.07. The van der Waals surface area contributed by atoms with Gasteiger partial charge in [-0.1, -0.05) is 41.9 Å². The van der Waals surface area contributed by atoms with E-state index in [-0.39, 0.29) is 5.91 Å². The van der Waals surface area contributed by atoms with E-state index in [1.165, 1.54) is 11.8 Å². The molecule has 1 aromatic carbocycles. The molecule has 92 valence electrons. The highest BCUT2D eigenvalue weighted by Gasteiger charge is 2.06. The Morgan fingerprint density at radius 2 is 2.00 bits per heavy atom. The Bertz CT molecular complexity index is 528. The molecule has 0 aliphatic heterocycles. The molecule has 4 heteroatoms. The molecule has 0 aliphatic carbocycles. The Kier molecular flexibility index (Phi) is 4.31. The molecule has 1 aromatic heterocycles. The number of carbonyl (C=O) groups is 1. The molecule has 18 heavy (non-hydrogen) atoms. The van der Waals surface area contributed by atoms with E-state index in [0.29, 0.717) is 17.3 Å². The monoisotopic (exact) mass is 260 g/mol. The first-order valence-corrected chi connectivity index (χ1v) is 6.07. The normalized spacial score (nSPS) is 10.1. The van der Waals surface area contributed by atoms with Crippen molar-refractivity contribution in [3.63, 3.8) is 0 Å². The summed E-state index contributed by atoms with van der Waals surface area (Å²) in [5.74, 6) is -0.201. The fourth-order valence-electron chi connectivity index (χ4n) is 1.58. The summed E-state index contributed by atoms with van der Waals surface area (Å²) >= 11 is 5.80. The molecule has 0 saturated carbocycles. The van der Waals surface area contributed by atoms with Gasteiger partial charge in [0.15, 0.2) is 0 Å². The zero-order valence-electron chi connectivity index (χ0n) is 9.77. The summed E-state index contributed by atoms with van der Waals surface area (Å²) in [5, 5.41) is 3.33. The number of hydrogen-bond acceptors (Lipinski definition) is 2. The van der Waals surface area contributed by atoms with Crippen LogP contribution in [0.5, 0.6) is 0 Å². The van der Waals surface area contributed by atoms with E-state index >= 15 is 0 Å². The van der Waals surface area contributed by atoms with Gasteiger partial charge in [-0.25, -0.2) is 0 Å². The third-order valence-corrected chi connectivity index (χ3v) is 2.73. The standard InChI is InChI=1S/C14H13ClN2O/c15-12-7-9-16-13(10-12)14(18)17-8-6-11-4-2-1-3-5-11/h1-5,7,9-10H,6,8H2,(H,17,18). The van der Waals surface area contributed by atoms with Crippen LogP contribution in [0.3, 0.4) is 0 Å². The summed E-state index contributed by atoms with van der Waals surface area (Å²) in [5.41, 5.74) is 1.53. The van der Waals surface area contributed by atoms with Gasteiger partial charge in [-0.2, -0.15) is 0 Å². The number of amides is 1. The van der Waals surface area contributed by atoms with E-state index in [0.717, 1.165) is 6.42 Å². The Morgan fingerprint density at radius 1 is 1.22 bits per heavy atom. The van der Waals surface area contributed by atoms with E-state index in [4.69, 9.17) is 11.6 Å². The molecule has 3 nitrogen and oxygen atoms in total. The van der Waals surface area contributed by atoms with Crippen LogP contribution >= 0.6 is 11.6 Å². The summed E-state index contributed by atoms with van der Waals surface area (Å²) in [6, 6.07) is 13.2. The maximum atomic E-state index is 11.8. The SMILES string of the molecule is O=C(NCCc1ccccc1)c1cc(Cl)ccn1. The fraction of sp³-hybridized carbons (Fsp3) is 0.143. The Labute approximate surface area is 111 Å². The van der Waals surface area contributed by atoms with E-state index in [1.54, 1.807) is 12.1 Å². The van der Waals surface area contributed by atoms with Gasteiger partial charge in [0.05, 0.1) is 0 Å². The molecule has 0 saturated heterocycles. The Balaban J connectivity index is 1.86. The molecule has 1 N–H and O–H groups in total. The number of aromatic nitrogens is 1. The quantitative estimate of drug-likeness (QED) is 0.918. The molecular formula is C14H13ClN2O. The van der Waals surface area contributed by atoms with Crippen molar-refractivity contribution >= 4 is 17.5 Å². The number of nitrogens with one attached hydrogen (secondary N) is 1. The van der Waals surface area contributed by atoms with Crippen molar-refractivity contribution in [2.45, 2.75) is 6.42 Å². The predicted octanol–water partition coefficient (Wildman–Crippen LogP) is 2.71. The van der Waals surface area contributed by atoms with Gasteiger partial charge in [-0.05, 0) is 24.1 Å². The fourth-order valence-corrected chi connectivity index (χ4v) is 1.74. The van der Waals surface area contributed by atoms with Crippen LogP contribution < -0.4 is 5.32 Å². The summed E-state index contributed by atoms with van der Waals surface area (Å²) in [7, 11) is 0. The minimum Gasteiger partial charge on any atom is -0.350 e. The number of carbonyl (C=O) groups excluding carboxylic acids is 1. The van der Waals surface area contributed by atoms with Crippen LogP contribution in [0, 0.1) is 0 Å². The molecule has 0 bridgehead atoms. The lowest BCUT2D eigenvalue weighted by Crippen LogP contribution is -2.26. The molecule has 0 fully saturated rings. The minimum absolute atomic E-state index is 0.201. The van der Waals surface area contributed by atoms with Crippen LogP contribution in [0.25, 0.3) is 0 Å².